The first kappa shape index (κ1) is 18.7. The number of hydrogen-bond donors (Lipinski definition) is 3. The Balaban J connectivity index is 2.07. The van der Waals surface area contributed by atoms with Crippen LogP contribution in [0.25, 0.3) is 0 Å². The summed E-state index contributed by atoms with van der Waals surface area (Å²) in [6, 6.07) is 7.37. The van der Waals surface area contributed by atoms with Crippen molar-refractivity contribution in [2.75, 3.05) is 5.32 Å². The Morgan fingerprint density at radius 2 is 1.88 bits per heavy atom. The summed E-state index contributed by atoms with van der Waals surface area (Å²) in [6.07, 6.45) is -1.65. The smallest absolute Gasteiger partial charge is 0.355 e. The van der Waals surface area contributed by atoms with Crippen LogP contribution >= 0.6 is 0 Å². The minimum Gasteiger partial charge on any atom is -0.448 e. The van der Waals surface area contributed by atoms with Crippen molar-refractivity contribution in [2.24, 2.45) is 0 Å². The number of ether oxygens (including phenoxy) is 1. The van der Waals surface area contributed by atoms with Gasteiger partial charge in [0.15, 0.2) is 6.10 Å². The summed E-state index contributed by atoms with van der Waals surface area (Å²) in [5, 5.41) is 12.5. The standard InChI is InChI=1S/C19H24N2O4/c1-10-7-6-8-15(9-10)21-18(23)14(5)25-19(24)17-11(2)16(13(4)22)12(3)20-17/h6-9,13-14,20,22H,1-5H3,(H,21,23)/t13-,14-/m1/s1. The molecule has 0 saturated heterocycles. The molecule has 0 bridgehead atoms. The van der Waals surface area contributed by atoms with E-state index >= 15 is 0 Å². The minimum absolute atomic E-state index is 0.253. The van der Waals surface area contributed by atoms with E-state index in [1.165, 1.54) is 6.92 Å². The van der Waals surface area contributed by atoms with Gasteiger partial charge in [-0.3, -0.25) is 4.79 Å². The van der Waals surface area contributed by atoms with Crippen LogP contribution in [-0.2, 0) is 9.53 Å². The fraction of sp³-hybridized carbons (Fsp3) is 0.368. The first-order valence-electron chi connectivity index (χ1n) is 8.16. The van der Waals surface area contributed by atoms with Gasteiger partial charge >= 0.3 is 5.97 Å². The maximum atomic E-state index is 12.4. The number of aromatic nitrogens is 1. The molecule has 2 rings (SSSR count). The Hall–Kier alpha value is -2.60. The van der Waals surface area contributed by atoms with Crippen molar-refractivity contribution in [1.82, 2.24) is 4.98 Å². The molecule has 25 heavy (non-hydrogen) atoms. The zero-order valence-corrected chi connectivity index (χ0v) is 15.1. The SMILES string of the molecule is Cc1cccc(NC(=O)[C@@H](C)OC(=O)c2[nH]c(C)c([C@@H](C)O)c2C)c1. The number of aryl methyl sites for hydroxylation is 2. The number of rotatable bonds is 5. The van der Waals surface area contributed by atoms with Crippen LogP contribution in [0.5, 0.6) is 0 Å². The number of benzene rings is 1. The molecule has 0 radical (unpaired) electrons. The Morgan fingerprint density at radius 1 is 1.20 bits per heavy atom. The van der Waals surface area contributed by atoms with E-state index in [1.54, 1.807) is 26.8 Å². The van der Waals surface area contributed by atoms with Gasteiger partial charge in [-0.1, -0.05) is 12.1 Å². The number of nitrogens with one attached hydrogen (secondary N) is 2. The van der Waals surface area contributed by atoms with Crippen molar-refractivity contribution in [3.05, 3.63) is 52.3 Å². The average molecular weight is 344 g/mol. The van der Waals surface area contributed by atoms with Gasteiger partial charge in [-0.15, -0.1) is 0 Å². The van der Waals surface area contributed by atoms with Gasteiger partial charge in [0.2, 0.25) is 0 Å². The lowest BCUT2D eigenvalue weighted by Crippen LogP contribution is -2.30. The Kier molecular flexibility index (Phi) is 5.64. The third kappa shape index (κ3) is 4.28. The predicted octanol–water partition coefficient (Wildman–Crippen LogP) is 3.18. The first-order valence-corrected chi connectivity index (χ1v) is 8.16. The summed E-state index contributed by atoms with van der Waals surface area (Å²) in [5.41, 5.74) is 3.93. The summed E-state index contributed by atoms with van der Waals surface area (Å²) in [5.74, 6) is -1.03. The van der Waals surface area contributed by atoms with Gasteiger partial charge in [0, 0.05) is 16.9 Å². The summed E-state index contributed by atoms with van der Waals surface area (Å²) in [4.78, 5) is 27.5. The van der Waals surface area contributed by atoms with E-state index < -0.39 is 24.1 Å². The largest absolute Gasteiger partial charge is 0.448 e. The third-order valence-electron chi connectivity index (χ3n) is 4.06. The van der Waals surface area contributed by atoms with Crippen LogP contribution in [0.2, 0.25) is 0 Å². The summed E-state index contributed by atoms with van der Waals surface area (Å²) < 4.78 is 5.27. The van der Waals surface area contributed by atoms with Crippen LogP contribution < -0.4 is 5.32 Å². The van der Waals surface area contributed by atoms with Gasteiger partial charge in [0.25, 0.3) is 5.91 Å². The molecule has 134 valence electrons. The van der Waals surface area contributed by atoms with E-state index in [0.29, 0.717) is 22.5 Å². The molecular formula is C19H24N2O4. The van der Waals surface area contributed by atoms with Crippen molar-refractivity contribution in [3.8, 4) is 0 Å². The number of hydrogen-bond acceptors (Lipinski definition) is 4. The van der Waals surface area contributed by atoms with Crippen LogP contribution in [0.15, 0.2) is 24.3 Å². The van der Waals surface area contributed by atoms with E-state index in [2.05, 4.69) is 10.3 Å². The summed E-state index contributed by atoms with van der Waals surface area (Å²) in [6.45, 7) is 8.59. The van der Waals surface area contributed by atoms with E-state index in [1.807, 2.05) is 25.1 Å². The molecule has 1 aromatic carbocycles. The molecule has 0 saturated carbocycles. The van der Waals surface area contributed by atoms with E-state index in [-0.39, 0.29) is 5.69 Å². The number of carbonyl (C=O) groups excluding carboxylic acids is 2. The fourth-order valence-corrected chi connectivity index (χ4v) is 2.84. The Morgan fingerprint density at radius 3 is 2.44 bits per heavy atom. The van der Waals surface area contributed by atoms with Crippen LogP contribution in [-0.4, -0.2) is 28.1 Å². The maximum Gasteiger partial charge on any atom is 0.355 e. The van der Waals surface area contributed by atoms with Crippen molar-refractivity contribution in [3.63, 3.8) is 0 Å². The molecular weight excluding hydrogens is 320 g/mol. The molecule has 1 aromatic heterocycles. The van der Waals surface area contributed by atoms with Gasteiger partial charge < -0.3 is 20.1 Å². The van der Waals surface area contributed by atoms with Crippen LogP contribution in [0.1, 0.15) is 52.8 Å². The molecule has 6 nitrogen and oxygen atoms in total. The van der Waals surface area contributed by atoms with Crippen molar-refractivity contribution in [2.45, 2.75) is 46.8 Å². The first-order chi connectivity index (χ1) is 11.7. The van der Waals surface area contributed by atoms with Crippen LogP contribution in [0.4, 0.5) is 5.69 Å². The lowest BCUT2D eigenvalue weighted by molar-refractivity contribution is -0.123. The number of esters is 1. The van der Waals surface area contributed by atoms with Crippen LogP contribution in [0, 0.1) is 20.8 Å². The van der Waals surface area contributed by atoms with Crippen molar-refractivity contribution < 1.29 is 19.4 Å². The highest BCUT2D eigenvalue weighted by molar-refractivity contribution is 5.97. The topological polar surface area (TPSA) is 91.4 Å². The number of aromatic amines is 1. The number of amides is 1. The molecule has 0 spiro atoms. The van der Waals surface area contributed by atoms with Crippen LogP contribution in [0.3, 0.4) is 0 Å². The molecule has 0 aliphatic heterocycles. The number of carbonyl (C=O) groups is 2. The molecule has 0 aliphatic rings. The number of H-pyrrole nitrogens is 1. The second kappa shape index (κ2) is 7.53. The highest BCUT2D eigenvalue weighted by atomic mass is 16.5. The quantitative estimate of drug-likeness (QED) is 0.727. The molecule has 0 unspecified atom stereocenters. The summed E-state index contributed by atoms with van der Waals surface area (Å²) >= 11 is 0. The maximum absolute atomic E-state index is 12.4. The molecule has 0 aliphatic carbocycles. The zero-order chi connectivity index (χ0) is 18.7. The Labute approximate surface area is 147 Å². The highest BCUT2D eigenvalue weighted by Crippen LogP contribution is 2.25. The lowest BCUT2D eigenvalue weighted by atomic mass is 10.1. The normalized spacial score (nSPS) is 13.2. The monoisotopic (exact) mass is 344 g/mol. The molecule has 1 heterocycles. The Bertz CT molecular complexity index is 793. The van der Waals surface area contributed by atoms with Gasteiger partial charge in [0.05, 0.1) is 6.10 Å². The highest BCUT2D eigenvalue weighted by Gasteiger charge is 2.24. The molecule has 6 heteroatoms. The van der Waals surface area contributed by atoms with E-state index in [9.17, 15) is 14.7 Å². The van der Waals surface area contributed by atoms with Gasteiger partial charge in [-0.2, -0.15) is 0 Å². The van der Waals surface area contributed by atoms with Crippen molar-refractivity contribution >= 4 is 17.6 Å². The van der Waals surface area contributed by atoms with Gasteiger partial charge in [0.1, 0.15) is 5.69 Å². The molecule has 3 N–H and O–H groups in total. The van der Waals surface area contributed by atoms with Crippen molar-refractivity contribution in [1.29, 1.82) is 0 Å². The average Bonchev–Trinajstić information content (AvgIpc) is 2.82. The number of aliphatic hydroxyl groups excluding tert-OH is 1. The molecule has 2 atom stereocenters. The second-order valence-electron chi connectivity index (χ2n) is 6.25. The number of aliphatic hydroxyl groups is 1. The lowest BCUT2D eigenvalue weighted by Gasteiger charge is -2.14. The second-order valence-corrected chi connectivity index (χ2v) is 6.25. The summed E-state index contributed by atoms with van der Waals surface area (Å²) in [7, 11) is 0. The number of anilines is 1. The molecule has 0 fully saturated rings. The molecule has 1 amide bonds. The van der Waals surface area contributed by atoms with E-state index in [0.717, 1.165) is 5.56 Å². The minimum atomic E-state index is -0.953. The van der Waals surface area contributed by atoms with E-state index in [4.69, 9.17) is 4.74 Å². The van der Waals surface area contributed by atoms with Gasteiger partial charge in [-0.05, 0) is 57.9 Å². The zero-order valence-electron chi connectivity index (χ0n) is 15.1. The predicted molar refractivity (Wildman–Crippen MR) is 95.6 cm³/mol. The third-order valence-corrected chi connectivity index (χ3v) is 4.06. The molecule has 2 aromatic rings. The fourth-order valence-electron chi connectivity index (χ4n) is 2.84. The van der Waals surface area contributed by atoms with Gasteiger partial charge in [-0.25, -0.2) is 4.79 Å².